The van der Waals surface area contributed by atoms with Gasteiger partial charge in [-0.05, 0) is 52.0 Å². The zero-order chi connectivity index (χ0) is 15.4. The van der Waals surface area contributed by atoms with Gasteiger partial charge in [0.2, 0.25) is 0 Å². The summed E-state index contributed by atoms with van der Waals surface area (Å²) in [6.07, 6.45) is 2.44. The fourth-order valence-corrected chi connectivity index (χ4v) is 3.76. The molecular formula is C16H24N2O2S. The maximum absolute atomic E-state index is 11.2. The number of oxazole rings is 1. The van der Waals surface area contributed by atoms with Gasteiger partial charge in [0, 0.05) is 15.7 Å². The van der Waals surface area contributed by atoms with Gasteiger partial charge in [-0.15, -0.1) is 11.8 Å². The van der Waals surface area contributed by atoms with Crippen LogP contribution in [0.3, 0.4) is 0 Å². The molecule has 0 unspecified atom stereocenters. The minimum Gasteiger partial charge on any atom is -0.408 e. The van der Waals surface area contributed by atoms with Crippen molar-refractivity contribution in [3.05, 3.63) is 28.2 Å². The maximum Gasteiger partial charge on any atom is 0.417 e. The van der Waals surface area contributed by atoms with E-state index in [9.17, 15) is 4.79 Å². The summed E-state index contributed by atoms with van der Waals surface area (Å²) in [6.45, 7) is 8.35. The molecule has 0 radical (unpaired) electrons. The minimum absolute atomic E-state index is 0.375. The topological polar surface area (TPSA) is 49.2 Å². The van der Waals surface area contributed by atoms with Crippen LogP contribution in [0.5, 0.6) is 0 Å². The van der Waals surface area contributed by atoms with Crippen LogP contribution < -0.4 is 5.76 Å². The number of rotatable bonds is 2. The first-order valence-electron chi connectivity index (χ1n) is 7.61. The normalized spacial score (nSPS) is 16.8. The Kier molecular flexibility index (Phi) is 5.53. The summed E-state index contributed by atoms with van der Waals surface area (Å²) in [7, 11) is 2.17. The monoisotopic (exact) mass is 308 g/mol. The van der Waals surface area contributed by atoms with E-state index in [1.165, 1.54) is 17.7 Å². The van der Waals surface area contributed by atoms with E-state index in [4.69, 9.17) is 4.42 Å². The Labute approximate surface area is 129 Å². The molecule has 0 aliphatic carbocycles. The number of aromatic amines is 1. The number of aryl methyl sites for hydroxylation is 1. The minimum atomic E-state index is -0.375. The molecule has 0 saturated carbocycles. The second-order valence-corrected chi connectivity index (χ2v) is 6.54. The van der Waals surface area contributed by atoms with E-state index in [2.05, 4.69) is 23.0 Å². The Morgan fingerprint density at radius 1 is 1.29 bits per heavy atom. The number of aromatic nitrogens is 1. The van der Waals surface area contributed by atoms with Crippen molar-refractivity contribution in [1.82, 2.24) is 9.88 Å². The summed E-state index contributed by atoms with van der Waals surface area (Å²) >= 11 is 1.91. The van der Waals surface area contributed by atoms with Crippen molar-refractivity contribution in [2.24, 2.45) is 0 Å². The number of benzene rings is 1. The summed E-state index contributed by atoms with van der Waals surface area (Å²) < 4.78 is 5.21. The highest BCUT2D eigenvalue weighted by molar-refractivity contribution is 8.00. The molecule has 5 heteroatoms. The first-order chi connectivity index (χ1) is 10.1. The van der Waals surface area contributed by atoms with Gasteiger partial charge in [0.15, 0.2) is 5.58 Å². The number of nitrogens with one attached hydrogen (secondary N) is 1. The smallest absolute Gasteiger partial charge is 0.408 e. The lowest BCUT2D eigenvalue weighted by Gasteiger charge is -2.28. The van der Waals surface area contributed by atoms with Crippen LogP contribution in [0, 0.1) is 6.92 Å². The summed E-state index contributed by atoms with van der Waals surface area (Å²) in [4.78, 5) is 17.5. The molecule has 2 aromatic rings. The molecule has 1 fully saturated rings. The van der Waals surface area contributed by atoms with E-state index < -0.39 is 0 Å². The van der Waals surface area contributed by atoms with E-state index in [1.807, 2.05) is 38.6 Å². The number of fused-ring (bicyclic) bond motifs is 1. The van der Waals surface area contributed by atoms with E-state index in [-0.39, 0.29) is 5.76 Å². The van der Waals surface area contributed by atoms with E-state index >= 15 is 0 Å². The van der Waals surface area contributed by atoms with Gasteiger partial charge in [-0.25, -0.2) is 4.79 Å². The summed E-state index contributed by atoms with van der Waals surface area (Å²) in [6, 6.07) is 4.02. The molecule has 0 spiro atoms. The van der Waals surface area contributed by atoms with Gasteiger partial charge in [0.05, 0.1) is 5.52 Å². The number of H-pyrrole nitrogens is 1. The highest BCUT2D eigenvalue weighted by Crippen LogP contribution is 2.34. The Balaban J connectivity index is 0.000000774. The van der Waals surface area contributed by atoms with Crippen LogP contribution in [0.15, 0.2) is 26.2 Å². The molecule has 1 saturated heterocycles. The molecule has 1 aliphatic heterocycles. The molecule has 0 bridgehead atoms. The average Bonchev–Trinajstić information content (AvgIpc) is 2.88. The van der Waals surface area contributed by atoms with Crippen LogP contribution in [0.2, 0.25) is 0 Å². The number of hydrogen-bond acceptors (Lipinski definition) is 4. The van der Waals surface area contributed by atoms with Crippen molar-refractivity contribution in [1.29, 1.82) is 0 Å². The summed E-state index contributed by atoms with van der Waals surface area (Å²) in [5.74, 6) is -0.375. The molecule has 4 nitrogen and oxygen atoms in total. The molecule has 3 rings (SSSR count). The molecule has 0 amide bonds. The Bertz CT molecular complexity index is 639. The number of thioether (sulfide) groups is 1. The lowest BCUT2D eigenvalue weighted by Crippen LogP contribution is -2.31. The number of hydrogen-bond donors (Lipinski definition) is 1. The number of likely N-dealkylation sites (tertiary alicyclic amines) is 1. The molecule has 21 heavy (non-hydrogen) atoms. The Morgan fingerprint density at radius 3 is 2.62 bits per heavy atom. The van der Waals surface area contributed by atoms with Crippen LogP contribution in [0.1, 0.15) is 32.3 Å². The van der Waals surface area contributed by atoms with E-state index in [1.54, 1.807) is 0 Å². The average molecular weight is 308 g/mol. The van der Waals surface area contributed by atoms with Gasteiger partial charge in [0.1, 0.15) is 0 Å². The Hall–Kier alpha value is -1.20. The third kappa shape index (κ3) is 3.71. The van der Waals surface area contributed by atoms with Crippen molar-refractivity contribution in [3.8, 4) is 0 Å². The second-order valence-electron chi connectivity index (χ2n) is 5.20. The predicted molar refractivity (Wildman–Crippen MR) is 89.3 cm³/mol. The predicted octanol–water partition coefficient (Wildman–Crippen LogP) is 3.64. The highest BCUT2D eigenvalue weighted by atomic mass is 32.2. The zero-order valence-electron chi connectivity index (χ0n) is 13.2. The summed E-state index contributed by atoms with van der Waals surface area (Å²) in [5, 5.41) is 0.665. The second kappa shape index (κ2) is 7.18. The fraction of sp³-hybridized carbons (Fsp3) is 0.562. The molecule has 1 aromatic heterocycles. The number of nitrogens with zero attached hydrogens (tertiary/aromatic N) is 1. The molecule has 1 aromatic carbocycles. The lowest BCUT2D eigenvalue weighted by molar-refractivity contribution is 0.282. The first kappa shape index (κ1) is 16.2. The molecule has 1 N–H and O–H groups in total. The molecular weight excluding hydrogens is 284 g/mol. The van der Waals surface area contributed by atoms with Crippen LogP contribution in [0.4, 0.5) is 0 Å². The van der Waals surface area contributed by atoms with Crippen LogP contribution in [-0.2, 0) is 0 Å². The zero-order valence-corrected chi connectivity index (χ0v) is 14.0. The van der Waals surface area contributed by atoms with Crippen molar-refractivity contribution < 1.29 is 4.42 Å². The molecule has 1 aliphatic rings. The van der Waals surface area contributed by atoms with Crippen LogP contribution >= 0.6 is 11.8 Å². The van der Waals surface area contributed by atoms with Gasteiger partial charge >= 0.3 is 5.76 Å². The van der Waals surface area contributed by atoms with E-state index in [0.717, 1.165) is 24.2 Å². The lowest BCUT2D eigenvalue weighted by atomic mass is 10.1. The quantitative estimate of drug-likeness (QED) is 0.920. The van der Waals surface area contributed by atoms with Crippen LogP contribution in [-0.4, -0.2) is 35.3 Å². The number of piperidine rings is 1. The fourth-order valence-electron chi connectivity index (χ4n) is 2.54. The van der Waals surface area contributed by atoms with Crippen LogP contribution in [0.25, 0.3) is 11.1 Å². The highest BCUT2D eigenvalue weighted by Gasteiger charge is 2.19. The van der Waals surface area contributed by atoms with E-state index in [0.29, 0.717) is 10.8 Å². The van der Waals surface area contributed by atoms with Crippen molar-refractivity contribution in [2.75, 3.05) is 20.1 Å². The summed E-state index contributed by atoms with van der Waals surface area (Å²) in [5.41, 5.74) is 2.55. The van der Waals surface area contributed by atoms with Gasteiger partial charge in [-0.3, -0.25) is 4.98 Å². The van der Waals surface area contributed by atoms with Crippen molar-refractivity contribution >= 4 is 22.9 Å². The van der Waals surface area contributed by atoms with Gasteiger partial charge in [0.25, 0.3) is 0 Å². The van der Waals surface area contributed by atoms with Gasteiger partial charge in [-0.1, -0.05) is 13.8 Å². The first-order valence-corrected chi connectivity index (χ1v) is 8.49. The maximum atomic E-state index is 11.2. The SMILES string of the molecule is CC.Cc1c(SC2CCN(C)CC2)ccc2[nH]c(=O)oc12. The standard InChI is InChI=1S/C14H18N2O2S.C2H6/c1-9-12(19-10-5-7-16(2)8-6-10)4-3-11-13(9)18-14(17)15-11;1-2/h3-4,10H,5-8H2,1-2H3,(H,15,17);1-2H3. The Morgan fingerprint density at radius 2 is 1.95 bits per heavy atom. The third-order valence-corrected chi connectivity index (χ3v) is 5.25. The molecule has 0 atom stereocenters. The molecule has 116 valence electrons. The molecule has 2 heterocycles. The van der Waals surface area contributed by atoms with Crippen molar-refractivity contribution in [2.45, 2.75) is 43.8 Å². The van der Waals surface area contributed by atoms with Crippen molar-refractivity contribution in [3.63, 3.8) is 0 Å². The van der Waals surface area contributed by atoms with Gasteiger partial charge in [-0.2, -0.15) is 0 Å². The largest absolute Gasteiger partial charge is 0.417 e. The third-order valence-electron chi connectivity index (χ3n) is 3.75. The van der Waals surface area contributed by atoms with Gasteiger partial charge < -0.3 is 9.32 Å².